The van der Waals surface area contributed by atoms with Crippen molar-refractivity contribution in [3.63, 3.8) is 0 Å². The van der Waals surface area contributed by atoms with Gasteiger partial charge >= 0.3 is 5.97 Å². The summed E-state index contributed by atoms with van der Waals surface area (Å²) in [6.07, 6.45) is 2.32. The van der Waals surface area contributed by atoms with E-state index < -0.39 is 5.97 Å². The van der Waals surface area contributed by atoms with Gasteiger partial charge in [-0.25, -0.2) is 4.79 Å². The lowest BCUT2D eigenvalue weighted by atomic mass is 10.1. The molecule has 6 nitrogen and oxygen atoms in total. The molecular weight excluding hydrogens is 262 g/mol. The Morgan fingerprint density at radius 2 is 2.15 bits per heavy atom. The third-order valence-electron chi connectivity index (χ3n) is 3.00. The minimum Gasteiger partial charge on any atom is -0.493 e. The molecule has 6 heteroatoms. The summed E-state index contributed by atoms with van der Waals surface area (Å²) >= 11 is 0. The largest absolute Gasteiger partial charge is 0.493 e. The third-order valence-corrected chi connectivity index (χ3v) is 3.00. The number of nitrogens with zero attached hydrogens (tertiary/aromatic N) is 1. The molecule has 1 heterocycles. The van der Waals surface area contributed by atoms with E-state index in [1.54, 1.807) is 25.3 Å². The van der Waals surface area contributed by atoms with E-state index in [2.05, 4.69) is 5.16 Å². The highest BCUT2D eigenvalue weighted by molar-refractivity contribution is 5.86. The molecule has 0 saturated heterocycles. The number of carbonyl (C=O) groups is 1. The van der Waals surface area contributed by atoms with Crippen molar-refractivity contribution in [1.82, 2.24) is 5.16 Å². The summed E-state index contributed by atoms with van der Waals surface area (Å²) < 4.78 is 16.0. The Hall–Kier alpha value is -2.50. The Morgan fingerprint density at radius 1 is 1.35 bits per heavy atom. The second kappa shape index (κ2) is 4.88. The molecule has 1 aliphatic carbocycles. The Balaban J connectivity index is 1.93. The van der Waals surface area contributed by atoms with Crippen LogP contribution in [0.1, 0.15) is 23.3 Å². The second-order valence-corrected chi connectivity index (χ2v) is 4.56. The van der Waals surface area contributed by atoms with Crippen molar-refractivity contribution in [3.8, 4) is 22.8 Å². The number of rotatable bonds is 5. The van der Waals surface area contributed by atoms with Gasteiger partial charge in [0.15, 0.2) is 23.0 Å². The first kappa shape index (κ1) is 12.5. The van der Waals surface area contributed by atoms with Crippen LogP contribution in [-0.2, 0) is 0 Å². The van der Waals surface area contributed by atoms with Crippen LogP contribution in [0.2, 0.25) is 0 Å². The van der Waals surface area contributed by atoms with E-state index in [1.165, 1.54) is 6.07 Å². The minimum absolute atomic E-state index is 0.125. The molecule has 0 bridgehead atoms. The van der Waals surface area contributed by atoms with Gasteiger partial charge in [-0.2, -0.15) is 0 Å². The number of carboxylic acids is 1. The molecule has 0 radical (unpaired) electrons. The zero-order valence-electron chi connectivity index (χ0n) is 10.8. The number of hydrogen-bond acceptors (Lipinski definition) is 5. The SMILES string of the molecule is COc1ccc(-c2cc(C(=O)O)no2)cc1OC1CC1. The van der Waals surface area contributed by atoms with Crippen LogP contribution in [-0.4, -0.2) is 29.4 Å². The second-order valence-electron chi connectivity index (χ2n) is 4.56. The first-order valence-corrected chi connectivity index (χ1v) is 6.22. The molecule has 1 aliphatic rings. The lowest BCUT2D eigenvalue weighted by molar-refractivity contribution is 0.0686. The van der Waals surface area contributed by atoms with E-state index in [9.17, 15) is 4.79 Å². The smallest absolute Gasteiger partial charge is 0.358 e. The fraction of sp³-hybridized carbons (Fsp3) is 0.286. The summed E-state index contributed by atoms with van der Waals surface area (Å²) in [5.41, 5.74) is 0.571. The first-order chi connectivity index (χ1) is 9.67. The predicted octanol–water partition coefficient (Wildman–Crippen LogP) is 2.59. The van der Waals surface area contributed by atoms with Gasteiger partial charge in [-0.15, -0.1) is 0 Å². The number of ether oxygens (including phenoxy) is 2. The van der Waals surface area contributed by atoms with Gasteiger partial charge in [0, 0.05) is 11.6 Å². The molecule has 20 heavy (non-hydrogen) atoms. The van der Waals surface area contributed by atoms with Gasteiger partial charge in [0.05, 0.1) is 13.2 Å². The van der Waals surface area contributed by atoms with Gasteiger partial charge in [0.25, 0.3) is 0 Å². The van der Waals surface area contributed by atoms with Gasteiger partial charge < -0.3 is 19.1 Å². The molecule has 0 unspecified atom stereocenters. The van der Waals surface area contributed by atoms with Crippen LogP contribution in [0.4, 0.5) is 0 Å². The number of aromatic nitrogens is 1. The molecule has 0 aliphatic heterocycles. The molecule has 104 valence electrons. The maximum atomic E-state index is 10.8. The van der Waals surface area contributed by atoms with Crippen LogP contribution in [0.25, 0.3) is 11.3 Å². The Bertz CT molecular complexity index is 645. The Morgan fingerprint density at radius 3 is 2.75 bits per heavy atom. The van der Waals surface area contributed by atoms with E-state index in [4.69, 9.17) is 19.1 Å². The maximum Gasteiger partial charge on any atom is 0.358 e. The normalized spacial score (nSPS) is 14.1. The molecule has 1 fully saturated rings. The molecule has 1 aromatic heterocycles. The molecule has 1 saturated carbocycles. The Labute approximate surface area is 114 Å². The van der Waals surface area contributed by atoms with E-state index in [-0.39, 0.29) is 11.8 Å². The summed E-state index contributed by atoms with van der Waals surface area (Å²) in [7, 11) is 1.58. The molecular formula is C14H13NO5. The summed E-state index contributed by atoms with van der Waals surface area (Å²) in [4.78, 5) is 10.8. The highest BCUT2D eigenvalue weighted by atomic mass is 16.5. The van der Waals surface area contributed by atoms with E-state index in [0.717, 1.165) is 12.8 Å². The lowest BCUT2D eigenvalue weighted by Crippen LogP contribution is -1.98. The van der Waals surface area contributed by atoms with Crippen molar-refractivity contribution in [2.45, 2.75) is 18.9 Å². The highest BCUT2D eigenvalue weighted by Gasteiger charge is 2.25. The van der Waals surface area contributed by atoms with Crippen molar-refractivity contribution in [3.05, 3.63) is 30.0 Å². The van der Waals surface area contributed by atoms with Gasteiger partial charge in [-0.05, 0) is 31.0 Å². The van der Waals surface area contributed by atoms with Crippen LogP contribution in [0.15, 0.2) is 28.8 Å². The topological polar surface area (TPSA) is 81.8 Å². The predicted molar refractivity (Wildman–Crippen MR) is 69.1 cm³/mol. The van der Waals surface area contributed by atoms with Crippen molar-refractivity contribution in [2.75, 3.05) is 7.11 Å². The summed E-state index contributed by atoms with van der Waals surface area (Å²) in [5, 5.41) is 12.3. The monoisotopic (exact) mass is 275 g/mol. The summed E-state index contributed by atoms with van der Waals surface area (Å²) in [5.74, 6) is 0.521. The van der Waals surface area contributed by atoms with Gasteiger partial charge in [-0.1, -0.05) is 5.16 Å². The number of carboxylic acid groups (broad SMARTS) is 1. The van der Waals surface area contributed by atoms with Crippen LogP contribution in [0.3, 0.4) is 0 Å². The van der Waals surface area contributed by atoms with Crippen LogP contribution in [0.5, 0.6) is 11.5 Å². The number of benzene rings is 1. The van der Waals surface area contributed by atoms with Crippen LogP contribution >= 0.6 is 0 Å². The van der Waals surface area contributed by atoms with Crippen molar-refractivity contribution >= 4 is 5.97 Å². The quantitative estimate of drug-likeness (QED) is 0.903. The summed E-state index contributed by atoms with van der Waals surface area (Å²) in [6.45, 7) is 0. The molecule has 0 atom stereocenters. The zero-order chi connectivity index (χ0) is 14.1. The molecule has 1 N–H and O–H groups in total. The van der Waals surface area contributed by atoms with Gasteiger partial charge in [-0.3, -0.25) is 0 Å². The standard InChI is InChI=1S/C14H13NO5/c1-18-11-5-2-8(6-13(11)19-9-3-4-9)12-7-10(14(16)17)15-20-12/h2,5-7,9H,3-4H2,1H3,(H,16,17). The molecule has 0 amide bonds. The molecule has 3 rings (SSSR count). The first-order valence-electron chi connectivity index (χ1n) is 6.22. The minimum atomic E-state index is -1.12. The maximum absolute atomic E-state index is 10.8. The molecule has 0 spiro atoms. The fourth-order valence-electron chi connectivity index (χ4n) is 1.80. The van der Waals surface area contributed by atoms with Crippen molar-refractivity contribution in [2.24, 2.45) is 0 Å². The van der Waals surface area contributed by atoms with Gasteiger partial charge in [0.1, 0.15) is 0 Å². The van der Waals surface area contributed by atoms with E-state index in [0.29, 0.717) is 22.8 Å². The van der Waals surface area contributed by atoms with Crippen molar-refractivity contribution < 1.29 is 23.9 Å². The van der Waals surface area contributed by atoms with Crippen LogP contribution < -0.4 is 9.47 Å². The van der Waals surface area contributed by atoms with Gasteiger partial charge in [0.2, 0.25) is 0 Å². The van der Waals surface area contributed by atoms with Crippen LogP contribution in [0, 0.1) is 0 Å². The van der Waals surface area contributed by atoms with E-state index in [1.807, 2.05) is 0 Å². The molecule has 1 aromatic carbocycles. The Kier molecular flexibility index (Phi) is 3.06. The third kappa shape index (κ3) is 2.45. The number of hydrogen-bond donors (Lipinski definition) is 1. The summed E-state index contributed by atoms with van der Waals surface area (Å²) in [6, 6.07) is 6.68. The zero-order valence-corrected chi connectivity index (χ0v) is 10.8. The average molecular weight is 275 g/mol. The number of methoxy groups -OCH3 is 1. The van der Waals surface area contributed by atoms with E-state index >= 15 is 0 Å². The fourth-order valence-corrected chi connectivity index (χ4v) is 1.80. The van der Waals surface area contributed by atoms with Crippen molar-refractivity contribution in [1.29, 1.82) is 0 Å². The molecule has 2 aromatic rings. The number of aromatic carboxylic acids is 1. The average Bonchev–Trinajstić information content (AvgIpc) is 3.11. The lowest BCUT2D eigenvalue weighted by Gasteiger charge is -2.10. The highest BCUT2D eigenvalue weighted by Crippen LogP contribution is 2.36.